The maximum absolute atomic E-state index is 13.6. The highest BCUT2D eigenvalue weighted by Gasteiger charge is 2.42. The first kappa shape index (κ1) is 25.8. The van der Waals surface area contributed by atoms with Crippen LogP contribution in [0.25, 0.3) is 0 Å². The SMILES string of the molecule is CC1C[C@H](NS(=O)(=O)N(C)C)[C@H](CO[C@H]2CC[C@@H](c3cccc(F)c3)CC2)N1c1cc(O)ccn1. The fourth-order valence-electron chi connectivity index (χ4n) is 5.28. The number of rotatable bonds is 8. The molecule has 2 aliphatic rings. The molecule has 2 N–H and O–H groups in total. The smallest absolute Gasteiger partial charge is 0.279 e. The van der Waals surface area contributed by atoms with Crippen molar-refractivity contribution in [1.82, 2.24) is 14.0 Å². The van der Waals surface area contributed by atoms with Crippen LogP contribution >= 0.6 is 0 Å². The number of anilines is 1. The Morgan fingerprint density at radius 1 is 1.20 bits per heavy atom. The first-order valence-electron chi connectivity index (χ1n) is 12.1. The largest absolute Gasteiger partial charge is 0.508 e. The van der Waals surface area contributed by atoms with Crippen LogP contribution in [0.5, 0.6) is 5.75 Å². The monoisotopic (exact) mass is 506 g/mol. The van der Waals surface area contributed by atoms with Crippen molar-refractivity contribution in [3.05, 3.63) is 54.0 Å². The van der Waals surface area contributed by atoms with Gasteiger partial charge in [-0.1, -0.05) is 12.1 Å². The summed E-state index contributed by atoms with van der Waals surface area (Å²) in [5, 5.41) is 10.0. The van der Waals surface area contributed by atoms with Gasteiger partial charge in [-0.05, 0) is 68.7 Å². The summed E-state index contributed by atoms with van der Waals surface area (Å²) < 4.78 is 49.2. The Bertz CT molecular complexity index is 1110. The van der Waals surface area contributed by atoms with Gasteiger partial charge in [-0.2, -0.15) is 17.4 Å². The first-order valence-corrected chi connectivity index (χ1v) is 13.6. The Balaban J connectivity index is 1.45. The molecule has 1 aromatic carbocycles. The predicted octanol–water partition coefficient (Wildman–Crippen LogP) is 3.40. The van der Waals surface area contributed by atoms with Gasteiger partial charge in [-0.25, -0.2) is 9.37 Å². The standard InChI is InChI=1S/C25H35FN4O4S/c1-17-13-23(28-35(32,33)29(2)3)24(30(17)25-15-21(31)11-12-27-25)16-34-22-9-7-18(8-10-22)19-5-4-6-20(26)14-19/h4-6,11-12,14-15,17-18,22-24,28H,7-10,13,16H2,1-3H3,(H,27,31)/t17?,18-,22+,23-,24-/m0/s1. The van der Waals surface area contributed by atoms with Gasteiger partial charge in [-0.15, -0.1) is 0 Å². The summed E-state index contributed by atoms with van der Waals surface area (Å²) >= 11 is 0. The molecular formula is C25H35FN4O4S. The van der Waals surface area contributed by atoms with Crippen LogP contribution in [0.2, 0.25) is 0 Å². The number of ether oxygens (including phenoxy) is 1. The average molecular weight is 507 g/mol. The van der Waals surface area contributed by atoms with E-state index in [4.69, 9.17) is 4.74 Å². The van der Waals surface area contributed by atoms with E-state index >= 15 is 0 Å². The van der Waals surface area contributed by atoms with Crippen molar-refractivity contribution >= 4 is 16.0 Å². The Labute approximate surface area is 207 Å². The zero-order chi connectivity index (χ0) is 25.2. The zero-order valence-corrected chi connectivity index (χ0v) is 21.3. The number of aromatic hydroxyl groups is 1. The normalized spacial score (nSPS) is 27.5. The molecule has 1 saturated heterocycles. The number of nitrogens with zero attached hydrogens (tertiary/aromatic N) is 3. The number of aromatic nitrogens is 1. The van der Waals surface area contributed by atoms with E-state index in [-0.39, 0.29) is 35.8 Å². The second kappa shape index (κ2) is 10.8. The maximum Gasteiger partial charge on any atom is 0.279 e. The number of halogens is 1. The van der Waals surface area contributed by atoms with Crippen molar-refractivity contribution in [2.24, 2.45) is 0 Å². The van der Waals surface area contributed by atoms with Gasteiger partial charge in [0.05, 0.1) is 18.8 Å². The maximum atomic E-state index is 13.6. The topological polar surface area (TPSA) is 95.0 Å². The minimum Gasteiger partial charge on any atom is -0.508 e. The lowest BCUT2D eigenvalue weighted by Gasteiger charge is -2.34. The van der Waals surface area contributed by atoms with E-state index in [1.54, 1.807) is 24.4 Å². The molecule has 2 aromatic rings. The number of hydrogen-bond acceptors (Lipinski definition) is 6. The van der Waals surface area contributed by atoms with E-state index in [1.165, 1.54) is 30.5 Å². The molecule has 0 spiro atoms. The van der Waals surface area contributed by atoms with Crippen molar-refractivity contribution in [2.75, 3.05) is 25.6 Å². The van der Waals surface area contributed by atoms with Gasteiger partial charge in [-0.3, -0.25) is 0 Å². The Morgan fingerprint density at radius 2 is 1.94 bits per heavy atom. The molecule has 10 heteroatoms. The lowest BCUT2D eigenvalue weighted by Crippen LogP contribution is -2.51. The van der Waals surface area contributed by atoms with Gasteiger partial charge in [0.25, 0.3) is 10.2 Å². The van der Waals surface area contributed by atoms with Crippen LogP contribution in [0.4, 0.5) is 10.2 Å². The number of hydrogen-bond donors (Lipinski definition) is 2. The molecule has 1 aliphatic heterocycles. The third kappa shape index (κ3) is 6.11. The van der Waals surface area contributed by atoms with Crippen molar-refractivity contribution < 1.29 is 22.7 Å². The molecule has 0 bridgehead atoms. The van der Waals surface area contributed by atoms with Crippen LogP contribution < -0.4 is 9.62 Å². The fraction of sp³-hybridized carbons (Fsp3) is 0.560. The Kier molecular flexibility index (Phi) is 7.95. The van der Waals surface area contributed by atoms with E-state index in [1.807, 2.05) is 17.9 Å². The zero-order valence-electron chi connectivity index (χ0n) is 20.5. The van der Waals surface area contributed by atoms with E-state index in [9.17, 15) is 17.9 Å². The van der Waals surface area contributed by atoms with Gasteiger partial charge < -0.3 is 14.7 Å². The van der Waals surface area contributed by atoms with Gasteiger partial charge in [0.1, 0.15) is 17.4 Å². The van der Waals surface area contributed by atoms with Gasteiger partial charge >= 0.3 is 0 Å². The minimum absolute atomic E-state index is 0.00326. The third-order valence-electron chi connectivity index (χ3n) is 7.16. The molecule has 2 heterocycles. The predicted molar refractivity (Wildman–Crippen MR) is 133 cm³/mol. The van der Waals surface area contributed by atoms with Crippen LogP contribution in [0.1, 0.15) is 50.5 Å². The summed E-state index contributed by atoms with van der Waals surface area (Å²) in [5.74, 6) is 0.815. The highest BCUT2D eigenvalue weighted by Crippen LogP contribution is 2.36. The van der Waals surface area contributed by atoms with Crippen molar-refractivity contribution in [1.29, 1.82) is 0 Å². The lowest BCUT2D eigenvalue weighted by molar-refractivity contribution is 0.0154. The molecule has 192 valence electrons. The van der Waals surface area contributed by atoms with Crippen LogP contribution in [0, 0.1) is 5.82 Å². The van der Waals surface area contributed by atoms with Crippen molar-refractivity contribution in [3.63, 3.8) is 0 Å². The molecule has 35 heavy (non-hydrogen) atoms. The summed E-state index contributed by atoms with van der Waals surface area (Å²) in [6.45, 7) is 2.35. The van der Waals surface area contributed by atoms with Crippen LogP contribution in [0.15, 0.2) is 42.6 Å². The third-order valence-corrected chi connectivity index (χ3v) is 8.73. The summed E-state index contributed by atoms with van der Waals surface area (Å²) in [7, 11) is -0.640. The minimum atomic E-state index is -3.64. The Hall–Kier alpha value is -2.27. The number of pyridine rings is 1. The van der Waals surface area contributed by atoms with Crippen LogP contribution in [0.3, 0.4) is 0 Å². The second-order valence-corrected chi connectivity index (χ2v) is 11.7. The second-order valence-electron chi connectivity index (χ2n) is 9.81. The molecule has 1 aliphatic carbocycles. The van der Waals surface area contributed by atoms with Crippen LogP contribution in [-0.2, 0) is 14.9 Å². The lowest BCUT2D eigenvalue weighted by atomic mass is 9.82. The summed E-state index contributed by atoms with van der Waals surface area (Å²) in [6, 6.07) is 9.28. The highest BCUT2D eigenvalue weighted by molar-refractivity contribution is 7.87. The first-order chi connectivity index (χ1) is 16.6. The summed E-state index contributed by atoms with van der Waals surface area (Å²) in [6.07, 6.45) is 5.75. The number of nitrogens with one attached hydrogen (secondary N) is 1. The van der Waals surface area contributed by atoms with Crippen LogP contribution in [-0.4, -0.2) is 67.7 Å². The molecule has 1 unspecified atom stereocenters. The molecule has 4 rings (SSSR count). The van der Waals surface area contributed by atoms with E-state index in [0.717, 1.165) is 31.2 Å². The number of benzene rings is 1. The van der Waals surface area contributed by atoms with Gasteiger partial charge in [0.15, 0.2) is 0 Å². The average Bonchev–Trinajstić information content (AvgIpc) is 3.11. The van der Waals surface area contributed by atoms with Gasteiger partial charge in [0.2, 0.25) is 0 Å². The molecular weight excluding hydrogens is 471 g/mol. The molecule has 1 aromatic heterocycles. The molecule has 0 amide bonds. The molecule has 0 radical (unpaired) electrons. The quantitative estimate of drug-likeness (QED) is 0.570. The molecule has 2 fully saturated rings. The highest BCUT2D eigenvalue weighted by atomic mass is 32.2. The molecule has 8 nitrogen and oxygen atoms in total. The van der Waals surface area contributed by atoms with E-state index in [0.29, 0.717) is 24.8 Å². The summed E-state index contributed by atoms with van der Waals surface area (Å²) in [4.78, 5) is 6.47. The fourth-order valence-corrected chi connectivity index (χ4v) is 6.13. The van der Waals surface area contributed by atoms with Crippen molar-refractivity contribution in [3.8, 4) is 5.75 Å². The molecule has 3 atom stereocenters. The van der Waals surface area contributed by atoms with Gasteiger partial charge in [0, 0.05) is 38.4 Å². The van der Waals surface area contributed by atoms with E-state index in [2.05, 4.69) is 9.71 Å². The van der Waals surface area contributed by atoms with E-state index < -0.39 is 10.2 Å². The summed E-state index contributed by atoms with van der Waals surface area (Å²) in [5.41, 5.74) is 1.03. The Morgan fingerprint density at radius 3 is 2.60 bits per heavy atom. The van der Waals surface area contributed by atoms with Crippen molar-refractivity contribution in [2.45, 2.75) is 69.2 Å². The molecule has 1 saturated carbocycles.